The molecule has 0 bridgehead atoms. The molecule has 0 amide bonds. The molecule has 6 heterocycles. The normalized spacial score (nSPS) is 57.4. The molecule has 10 aliphatic rings. The Morgan fingerprint density at radius 2 is 1.18 bits per heavy atom. The van der Waals surface area contributed by atoms with E-state index in [0.29, 0.717) is 43.4 Å². The van der Waals surface area contributed by atoms with E-state index in [2.05, 4.69) is 26.8 Å². The van der Waals surface area contributed by atoms with Crippen LogP contribution in [-0.4, -0.2) is 239 Å². The van der Waals surface area contributed by atoms with E-state index in [1.54, 1.807) is 0 Å². The van der Waals surface area contributed by atoms with E-state index in [4.69, 9.17) is 47.4 Å². The Hall–Kier alpha value is -1.18. The van der Waals surface area contributed by atoms with Gasteiger partial charge in [-0.05, 0) is 99.7 Å². The third-order valence-electron chi connectivity index (χ3n) is 19.9. The average molecular weight is 1060 g/mol. The Kier molecular flexibility index (Phi) is 16.0. The summed E-state index contributed by atoms with van der Waals surface area (Å²) < 4.78 is 62.0. The molecule has 0 unspecified atom stereocenters. The van der Waals surface area contributed by atoms with Crippen molar-refractivity contribution in [3.63, 3.8) is 0 Å². The minimum atomic E-state index is -1.85. The Bertz CT molecular complexity index is 1980. The van der Waals surface area contributed by atoms with Crippen LogP contribution in [0.4, 0.5) is 0 Å². The van der Waals surface area contributed by atoms with Crippen molar-refractivity contribution in [2.75, 3.05) is 26.4 Å². The molecule has 23 nitrogen and oxygen atoms in total. The quantitative estimate of drug-likeness (QED) is 0.0875. The van der Waals surface area contributed by atoms with E-state index in [1.165, 1.54) is 12.5 Å². The van der Waals surface area contributed by atoms with Crippen LogP contribution in [0.5, 0.6) is 0 Å². The van der Waals surface area contributed by atoms with Gasteiger partial charge in [0.2, 0.25) is 0 Å². The standard InChI is InChI=1S/C51H82O23/c1-20-31-27(73-51(20)13-12-48(3,74-51)19-65-44-38(61)36(59)33(56)28(16-52)68-44)15-26-24-7-6-22-14-23(8-10-49(22,4)25(24)9-11-50(26,31)5)67-47-43(72-46-40(63)37(60)34(57)29(17-53)69-46)41(64)42(30(18-54)70-47)71-45-39(62)35(58)32(55)21(2)66-45/h6,20-21,23-47,52-64H,7-19H2,1-5H3/t20-,21-,23+,24-,25+,26+,27+,28-,29-,30+,31+,32+,33-,34-,35+,36+,37+,38-,39-,40-,41+,42-,43-,44-,45+,46+,47+,48+,49+,50+,51+/m1/s1. The van der Waals surface area contributed by atoms with E-state index in [9.17, 15) is 66.4 Å². The monoisotopic (exact) mass is 1060 g/mol. The number of ether oxygens (including phenoxy) is 10. The summed E-state index contributed by atoms with van der Waals surface area (Å²) in [7, 11) is 0. The van der Waals surface area contributed by atoms with E-state index in [-0.39, 0.29) is 35.4 Å². The van der Waals surface area contributed by atoms with Gasteiger partial charge in [0.25, 0.3) is 0 Å². The van der Waals surface area contributed by atoms with Crippen LogP contribution in [-0.2, 0) is 47.4 Å². The summed E-state index contributed by atoms with van der Waals surface area (Å²) in [6, 6.07) is 0. The lowest BCUT2D eigenvalue weighted by atomic mass is 9.47. The smallest absolute Gasteiger partial charge is 0.187 e. The predicted octanol–water partition coefficient (Wildman–Crippen LogP) is -2.85. The molecule has 424 valence electrons. The fraction of sp³-hybridized carbons (Fsp3) is 0.961. The van der Waals surface area contributed by atoms with Gasteiger partial charge in [0.1, 0.15) is 91.6 Å². The highest BCUT2D eigenvalue weighted by Crippen LogP contribution is 2.71. The van der Waals surface area contributed by atoms with Crippen molar-refractivity contribution in [2.45, 2.75) is 239 Å². The number of fused-ring (bicyclic) bond motifs is 7. The minimum absolute atomic E-state index is 0.00479. The first-order valence-electron chi connectivity index (χ1n) is 26.9. The zero-order chi connectivity index (χ0) is 53.1. The lowest BCUT2D eigenvalue weighted by Gasteiger charge is -2.58. The summed E-state index contributed by atoms with van der Waals surface area (Å²) in [4.78, 5) is 0. The van der Waals surface area contributed by atoms with Crippen LogP contribution in [0.3, 0.4) is 0 Å². The molecule has 9 fully saturated rings. The van der Waals surface area contributed by atoms with E-state index >= 15 is 0 Å². The molecule has 0 aromatic heterocycles. The summed E-state index contributed by atoms with van der Waals surface area (Å²) in [5.74, 6) is 0.713. The van der Waals surface area contributed by atoms with Gasteiger partial charge in [0.15, 0.2) is 30.9 Å². The minimum Gasteiger partial charge on any atom is -0.394 e. The van der Waals surface area contributed by atoms with Crippen molar-refractivity contribution in [1.29, 1.82) is 0 Å². The van der Waals surface area contributed by atoms with Gasteiger partial charge in [-0.3, -0.25) is 0 Å². The number of hydrogen-bond donors (Lipinski definition) is 13. The molecule has 6 aliphatic heterocycles. The molecule has 0 aromatic carbocycles. The van der Waals surface area contributed by atoms with Crippen LogP contribution < -0.4 is 0 Å². The van der Waals surface area contributed by atoms with Crippen LogP contribution in [0.15, 0.2) is 11.6 Å². The van der Waals surface area contributed by atoms with Gasteiger partial charge in [-0.2, -0.15) is 0 Å². The van der Waals surface area contributed by atoms with Crippen molar-refractivity contribution < 1.29 is 114 Å². The lowest BCUT2D eigenvalue weighted by molar-refractivity contribution is -0.390. The van der Waals surface area contributed by atoms with E-state index in [1.807, 2.05) is 6.92 Å². The Morgan fingerprint density at radius 1 is 0.581 bits per heavy atom. The third-order valence-corrected chi connectivity index (χ3v) is 19.9. The first-order valence-corrected chi connectivity index (χ1v) is 26.9. The third kappa shape index (κ3) is 9.38. The molecule has 0 radical (unpaired) electrons. The molecule has 1 spiro atoms. The molecule has 10 rings (SSSR count). The summed E-state index contributed by atoms with van der Waals surface area (Å²) >= 11 is 0. The fourth-order valence-electron chi connectivity index (χ4n) is 15.6. The largest absolute Gasteiger partial charge is 0.394 e. The molecule has 23 heteroatoms. The van der Waals surface area contributed by atoms with E-state index in [0.717, 1.165) is 32.1 Å². The number of aliphatic hydroxyl groups is 13. The van der Waals surface area contributed by atoms with Crippen molar-refractivity contribution in [3.05, 3.63) is 11.6 Å². The van der Waals surface area contributed by atoms with Crippen molar-refractivity contribution in [3.8, 4) is 0 Å². The topological polar surface area (TPSA) is 355 Å². The highest BCUT2D eigenvalue weighted by molar-refractivity contribution is 5.27. The van der Waals surface area contributed by atoms with Crippen LogP contribution in [0.2, 0.25) is 0 Å². The van der Waals surface area contributed by atoms with E-state index < -0.39 is 160 Å². The van der Waals surface area contributed by atoms with Crippen LogP contribution >= 0.6 is 0 Å². The number of allylic oxidation sites excluding steroid dienone is 1. The second-order valence-corrected chi connectivity index (χ2v) is 24.2. The SMILES string of the molecule is C[C@@H]1[C@H]2[C@H](C[C@H]3[C@@H]4CC=C5C[C@@H](O[C@H]6O[C@@H](CO)[C@@H](O[C@@H]7O[C@H](C)[C@H](O)[C@H](O)[C@H]7O)[C@H](O)[C@H]6O[C@@H]6O[C@H](CO)[C@@H](O)[C@H](O)[C@H]6O)CC[C@]5(C)[C@H]4CC[C@]23C)O[C@]12CC[C@@](C)(CO[C@@H]1O[C@H](CO)[C@@H](O)[C@H](O)[C@H]1O)O2. The number of aliphatic hydroxyl groups excluding tert-OH is 13. The van der Waals surface area contributed by atoms with Gasteiger partial charge in [-0.25, -0.2) is 0 Å². The van der Waals surface area contributed by atoms with Gasteiger partial charge in [-0.1, -0.05) is 32.4 Å². The molecule has 3 saturated carbocycles. The molecule has 4 aliphatic carbocycles. The van der Waals surface area contributed by atoms with Gasteiger partial charge in [0, 0.05) is 12.3 Å². The second-order valence-electron chi connectivity index (χ2n) is 24.2. The van der Waals surface area contributed by atoms with Gasteiger partial charge >= 0.3 is 0 Å². The molecule has 13 N–H and O–H groups in total. The zero-order valence-electron chi connectivity index (χ0n) is 42.8. The van der Waals surface area contributed by atoms with Gasteiger partial charge in [-0.15, -0.1) is 0 Å². The molecule has 6 saturated heterocycles. The highest BCUT2D eigenvalue weighted by Gasteiger charge is 2.70. The zero-order valence-corrected chi connectivity index (χ0v) is 42.8. The summed E-state index contributed by atoms with van der Waals surface area (Å²) in [5, 5.41) is 137. The first kappa shape index (κ1) is 56.1. The summed E-state index contributed by atoms with van der Waals surface area (Å²) in [6.45, 7) is 8.47. The molecule has 31 atom stereocenters. The fourth-order valence-corrected chi connectivity index (χ4v) is 15.6. The molecular formula is C51H82O23. The molecular weight excluding hydrogens is 981 g/mol. The Labute approximate surface area is 430 Å². The highest BCUT2D eigenvalue weighted by atomic mass is 16.8. The van der Waals surface area contributed by atoms with Crippen molar-refractivity contribution in [1.82, 2.24) is 0 Å². The number of hydrogen-bond acceptors (Lipinski definition) is 23. The van der Waals surface area contributed by atoms with Crippen LogP contribution in [0, 0.1) is 40.4 Å². The first-order chi connectivity index (χ1) is 35.0. The second kappa shape index (κ2) is 21.0. The predicted molar refractivity (Wildman–Crippen MR) is 248 cm³/mol. The lowest BCUT2D eigenvalue weighted by Crippen LogP contribution is -2.67. The maximum atomic E-state index is 12.1. The van der Waals surface area contributed by atoms with Gasteiger partial charge in [0.05, 0.1) is 50.3 Å². The van der Waals surface area contributed by atoms with Crippen molar-refractivity contribution in [2.24, 2.45) is 40.4 Å². The molecule has 0 aromatic rings. The maximum Gasteiger partial charge on any atom is 0.187 e. The number of rotatable bonds is 12. The Balaban J connectivity index is 0.813. The van der Waals surface area contributed by atoms with Crippen molar-refractivity contribution >= 4 is 0 Å². The van der Waals surface area contributed by atoms with Crippen LogP contribution in [0.25, 0.3) is 0 Å². The average Bonchev–Trinajstić information content (AvgIpc) is 3.98. The van der Waals surface area contributed by atoms with Gasteiger partial charge < -0.3 is 114 Å². The van der Waals surface area contributed by atoms with Crippen LogP contribution in [0.1, 0.15) is 92.4 Å². The summed E-state index contributed by atoms with van der Waals surface area (Å²) in [6.07, 6.45) is -21.5. The Morgan fingerprint density at radius 3 is 1.84 bits per heavy atom. The maximum absolute atomic E-state index is 12.1. The summed E-state index contributed by atoms with van der Waals surface area (Å²) in [5.41, 5.74) is 0.321. The molecule has 74 heavy (non-hydrogen) atoms.